The summed E-state index contributed by atoms with van der Waals surface area (Å²) < 4.78 is 28.9. The first-order valence-electron chi connectivity index (χ1n) is 10.7. The summed E-state index contributed by atoms with van der Waals surface area (Å²) in [6.45, 7) is 2.24. The Labute approximate surface area is 161 Å². The SMILES string of the molecule is CCCCCCC1CCC2CC(c3c(F)cc(C(=O)O)cc3F)CCC2C1. The van der Waals surface area contributed by atoms with Gasteiger partial charge in [0.15, 0.2) is 0 Å². The number of rotatable bonds is 7. The third-order valence-corrected chi connectivity index (χ3v) is 6.92. The van der Waals surface area contributed by atoms with E-state index in [9.17, 15) is 13.6 Å². The molecule has 0 radical (unpaired) electrons. The van der Waals surface area contributed by atoms with Gasteiger partial charge in [0, 0.05) is 5.56 Å². The Bertz CT molecular complexity index is 635. The van der Waals surface area contributed by atoms with Gasteiger partial charge in [0.2, 0.25) is 0 Å². The lowest BCUT2D eigenvalue weighted by Gasteiger charge is -2.42. The summed E-state index contributed by atoms with van der Waals surface area (Å²) in [5.74, 6) is -0.691. The number of benzene rings is 1. The lowest BCUT2D eigenvalue weighted by molar-refractivity contribution is 0.0695. The lowest BCUT2D eigenvalue weighted by atomic mass is 9.63. The van der Waals surface area contributed by atoms with Crippen LogP contribution in [0, 0.1) is 29.4 Å². The minimum absolute atomic E-state index is 0.111. The van der Waals surface area contributed by atoms with Crippen molar-refractivity contribution < 1.29 is 18.7 Å². The Morgan fingerprint density at radius 1 is 1.00 bits per heavy atom. The van der Waals surface area contributed by atoms with Crippen molar-refractivity contribution in [3.05, 3.63) is 34.9 Å². The first-order valence-corrected chi connectivity index (χ1v) is 10.7. The van der Waals surface area contributed by atoms with Crippen LogP contribution in [0.15, 0.2) is 12.1 Å². The molecule has 2 fully saturated rings. The molecule has 1 aromatic rings. The van der Waals surface area contributed by atoms with Crippen molar-refractivity contribution in [3.63, 3.8) is 0 Å². The maximum absolute atomic E-state index is 14.4. The van der Waals surface area contributed by atoms with Crippen LogP contribution < -0.4 is 0 Å². The number of aromatic carboxylic acids is 1. The summed E-state index contributed by atoms with van der Waals surface area (Å²) in [5.41, 5.74) is -0.203. The van der Waals surface area contributed by atoms with Crippen LogP contribution in [0.4, 0.5) is 8.78 Å². The van der Waals surface area contributed by atoms with Crippen molar-refractivity contribution in [2.75, 3.05) is 0 Å². The highest BCUT2D eigenvalue weighted by atomic mass is 19.1. The number of hydrogen-bond acceptors (Lipinski definition) is 1. The number of fused-ring (bicyclic) bond motifs is 1. The minimum Gasteiger partial charge on any atom is -0.478 e. The van der Waals surface area contributed by atoms with Gasteiger partial charge in [-0.3, -0.25) is 0 Å². The van der Waals surface area contributed by atoms with Crippen molar-refractivity contribution in [3.8, 4) is 0 Å². The molecule has 150 valence electrons. The van der Waals surface area contributed by atoms with E-state index in [-0.39, 0.29) is 17.0 Å². The number of unbranched alkanes of at least 4 members (excludes halogenated alkanes) is 3. The fraction of sp³-hybridized carbons (Fsp3) is 0.696. The standard InChI is InChI=1S/C23H32F2O2/c1-2-3-4-5-6-15-7-8-17-12-18(10-9-16(17)11-15)22-20(24)13-19(23(26)27)14-21(22)25/h13-18H,2-12H2,1H3,(H,26,27). The van der Waals surface area contributed by atoms with Gasteiger partial charge in [-0.2, -0.15) is 0 Å². The van der Waals surface area contributed by atoms with Gasteiger partial charge in [-0.05, 0) is 67.9 Å². The largest absolute Gasteiger partial charge is 0.478 e. The van der Waals surface area contributed by atoms with Crippen LogP contribution in [0.5, 0.6) is 0 Å². The molecule has 0 bridgehead atoms. The van der Waals surface area contributed by atoms with E-state index in [1.165, 1.54) is 51.4 Å². The molecular weight excluding hydrogens is 346 g/mol. The molecule has 1 N–H and O–H groups in total. The molecule has 4 atom stereocenters. The zero-order chi connectivity index (χ0) is 19.4. The molecule has 27 heavy (non-hydrogen) atoms. The summed E-state index contributed by atoms with van der Waals surface area (Å²) in [5, 5.41) is 8.97. The first kappa shape index (κ1) is 20.3. The maximum atomic E-state index is 14.4. The molecule has 3 rings (SSSR count). The highest BCUT2D eigenvalue weighted by molar-refractivity contribution is 5.87. The van der Waals surface area contributed by atoms with E-state index >= 15 is 0 Å². The van der Waals surface area contributed by atoms with Crippen LogP contribution in [-0.2, 0) is 0 Å². The van der Waals surface area contributed by atoms with Crippen LogP contribution in [0.3, 0.4) is 0 Å². The molecule has 0 saturated heterocycles. The van der Waals surface area contributed by atoms with E-state index in [0.717, 1.165) is 37.3 Å². The van der Waals surface area contributed by atoms with E-state index in [2.05, 4.69) is 6.92 Å². The highest BCUT2D eigenvalue weighted by Gasteiger charge is 2.37. The van der Waals surface area contributed by atoms with Crippen molar-refractivity contribution >= 4 is 5.97 Å². The zero-order valence-electron chi connectivity index (χ0n) is 16.4. The number of hydrogen-bond donors (Lipinski definition) is 1. The molecule has 4 unspecified atom stereocenters. The molecule has 0 heterocycles. The monoisotopic (exact) mass is 378 g/mol. The number of carboxylic acids is 1. The predicted molar refractivity (Wildman–Crippen MR) is 103 cm³/mol. The average Bonchev–Trinajstić information content (AvgIpc) is 2.64. The fourth-order valence-corrected chi connectivity index (χ4v) is 5.47. The summed E-state index contributed by atoms with van der Waals surface area (Å²) in [7, 11) is 0. The van der Waals surface area contributed by atoms with E-state index in [1.54, 1.807) is 0 Å². The second-order valence-corrected chi connectivity index (χ2v) is 8.72. The topological polar surface area (TPSA) is 37.3 Å². The Morgan fingerprint density at radius 3 is 2.33 bits per heavy atom. The number of halogens is 2. The lowest BCUT2D eigenvalue weighted by Crippen LogP contribution is -2.31. The molecule has 1 aromatic carbocycles. The van der Waals surface area contributed by atoms with Gasteiger partial charge >= 0.3 is 5.97 Å². The van der Waals surface area contributed by atoms with Gasteiger partial charge in [0.05, 0.1) is 5.56 Å². The van der Waals surface area contributed by atoms with E-state index < -0.39 is 17.6 Å². The highest BCUT2D eigenvalue weighted by Crippen LogP contribution is 2.49. The quantitative estimate of drug-likeness (QED) is 0.522. The molecule has 2 saturated carbocycles. The Hall–Kier alpha value is -1.45. The van der Waals surface area contributed by atoms with Gasteiger partial charge in [-0.1, -0.05) is 45.4 Å². The van der Waals surface area contributed by atoms with Gasteiger partial charge in [-0.15, -0.1) is 0 Å². The van der Waals surface area contributed by atoms with Crippen molar-refractivity contribution in [1.82, 2.24) is 0 Å². The van der Waals surface area contributed by atoms with Gasteiger partial charge in [-0.25, -0.2) is 13.6 Å². The smallest absolute Gasteiger partial charge is 0.335 e. The maximum Gasteiger partial charge on any atom is 0.335 e. The number of carbonyl (C=O) groups is 1. The molecule has 0 spiro atoms. The number of carboxylic acid groups (broad SMARTS) is 1. The van der Waals surface area contributed by atoms with Crippen LogP contribution in [0.2, 0.25) is 0 Å². The summed E-state index contributed by atoms with van der Waals surface area (Å²) >= 11 is 0. The summed E-state index contributed by atoms with van der Waals surface area (Å²) in [4.78, 5) is 11.0. The van der Waals surface area contributed by atoms with Crippen LogP contribution in [-0.4, -0.2) is 11.1 Å². The molecule has 0 aromatic heterocycles. The molecule has 2 nitrogen and oxygen atoms in total. The van der Waals surface area contributed by atoms with Gasteiger partial charge in [0.1, 0.15) is 11.6 Å². The van der Waals surface area contributed by atoms with Crippen molar-refractivity contribution in [1.29, 1.82) is 0 Å². The molecular formula is C23H32F2O2. The van der Waals surface area contributed by atoms with Crippen molar-refractivity contribution in [2.24, 2.45) is 17.8 Å². The molecule has 0 aliphatic heterocycles. The second-order valence-electron chi connectivity index (χ2n) is 8.72. The fourth-order valence-electron chi connectivity index (χ4n) is 5.47. The zero-order valence-corrected chi connectivity index (χ0v) is 16.4. The van der Waals surface area contributed by atoms with Crippen LogP contribution >= 0.6 is 0 Å². The third-order valence-electron chi connectivity index (χ3n) is 6.92. The summed E-state index contributed by atoms with van der Waals surface area (Å²) in [6.07, 6.45) is 13.0. The normalized spacial score (nSPS) is 28.0. The first-order chi connectivity index (χ1) is 13.0. The molecule has 2 aliphatic rings. The van der Waals surface area contributed by atoms with Crippen LogP contribution in [0.25, 0.3) is 0 Å². The van der Waals surface area contributed by atoms with E-state index in [4.69, 9.17) is 5.11 Å². The van der Waals surface area contributed by atoms with Gasteiger partial charge < -0.3 is 5.11 Å². The Morgan fingerprint density at radius 2 is 1.67 bits per heavy atom. The molecule has 2 aliphatic carbocycles. The second kappa shape index (κ2) is 9.16. The summed E-state index contributed by atoms with van der Waals surface area (Å²) in [6, 6.07) is 1.94. The minimum atomic E-state index is -1.29. The Kier molecular flexibility index (Phi) is 6.88. The average molecular weight is 379 g/mol. The molecule has 0 amide bonds. The van der Waals surface area contributed by atoms with Crippen LogP contribution in [0.1, 0.15) is 99.4 Å². The predicted octanol–water partition coefficient (Wildman–Crippen LogP) is 6.93. The third kappa shape index (κ3) is 4.89. The van der Waals surface area contributed by atoms with E-state index in [1.807, 2.05) is 0 Å². The van der Waals surface area contributed by atoms with Gasteiger partial charge in [0.25, 0.3) is 0 Å². The van der Waals surface area contributed by atoms with Crippen molar-refractivity contribution in [2.45, 2.75) is 83.5 Å². The Balaban J connectivity index is 1.59. The molecule has 4 heteroatoms. The van der Waals surface area contributed by atoms with E-state index in [0.29, 0.717) is 11.8 Å².